The molecule has 5 rings (SSSR count). The summed E-state index contributed by atoms with van der Waals surface area (Å²) in [6.07, 6.45) is 5.32. The highest BCUT2D eigenvalue weighted by molar-refractivity contribution is 5.34. The lowest BCUT2D eigenvalue weighted by molar-refractivity contribution is 0.0519. The Balaban J connectivity index is 1.60. The van der Waals surface area contributed by atoms with Gasteiger partial charge in [0.15, 0.2) is 0 Å². The number of fused-ring (bicyclic) bond motifs is 4. The maximum absolute atomic E-state index is 4.09. The van der Waals surface area contributed by atoms with Crippen LogP contribution in [0.15, 0.2) is 24.3 Å². The minimum atomic E-state index is 0.361. The standard InChI is InChI=1S/C19H28N2/c1-19(2)10-7-14-5-3-4-6-16(14)18(19)20-17-13-21-11-8-15(17)9-12-21/h3-6,15,17-18,20H,7-13H2,1-2H3. The van der Waals surface area contributed by atoms with Crippen LogP contribution in [0.2, 0.25) is 0 Å². The minimum Gasteiger partial charge on any atom is -0.305 e. The number of rotatable bonds is 2. The number of nitrogens with zero attached hydrogens (tertiary/aromatic N) is 1. The van der Waals surface area contributed by atoms with Crippen LogP contribution in [0.5, 0.6) is 0 Å². The number of hydrogen-bond acceptors (Lipinski definition) is 2. The van der Waals surface area contributed by atoms with Gasteiger partial charge in [0.25, 0.3) is 0 Å². The van der Waals surface area contributed by atoms with Gasteiger partial charge < -0.3 is 10.2 Å². The predicted molar refractivity (Wildman–Crippen MR) is 87.4 cm³/mol. The Kier molecular flexibility index (Phi) is 3.35. The Bertz CT molecular complexity index is 514. The third-order valence-corrected chi connectivity index (χ3v) is 6.22. The van der Waals surface area contributed by atoms with E-state index in [4.69, 9.17) is 0 Å². The molecule has 1 N–H and O–H groups in total. The molecule has 0 spiro atoms. The number of hydrogen-bond donors (Lipinski definition) is 1. The Morgan fingerprint density at radius 1 is 1.14 bits per heavy atom. The molecule has 3 fully saturated rings. The molecule has 1 aromatic carbocycles. The molecule has 2 unspecified atom stereocenters. The van der Waals surface area contributed by atoms with E-state index in [1.165, 1.54) is 45.3 Å². The zero-order valence-electron chi connectivity index (χ0n) is 13.4. The van der Waals surface area contributed by atoms with E-state index in [1.54, 1.807) is 11.1 Å². The fourth-order valence-electron chi connectivity index (χ4n) is 4.75. The van der Waals surface area contributed by atoms with Crippen LogP contribution in [0.4, 0.5) is 0 Å². The summed E-state index contributed by atoms with van der Waals surface area (Å²) < 4.78 is 0. The topological polar surface area (TPSA) is 15.3 Å². The van der Waals surface area contributed by atoms with Crippen molar-refractivity contribution in [3.05, 3.63) is 35.4 Å². The number of piperidine rings is 3. The van der Waals surface area contributed by atoms with Crippen LogP contribution < -0.4 is 5.32 Å². The van der Waals surface area contributed by atoms with Gasteiger partial charge in [0, 0.05) is 18.6 Å². The van der Waals surface area contributed by atoms with E-state index in [-0.39, 0.29) is 0 Å². The SMILES string of the molecule is CC1(C)CCc2ccccc2C1NC1CN2CCC1CC2. The number of benzene rings is 1. The molecule has 3 aliphatic heterocycles. The third-order valence-electron chi connectivity index (χ3n) is 6.22. The van der Waals surface area contributed by atoms with E-state index in [9.17, 15) is 0 Å². The molecule has 2 heteroatoms. The van der Waals surface area contributed by atoms with Crippen LogP contribution in [0.25, 0.3) is 0 Å². The van der Waals surface area contributed by atoms with Gasteiger partial charge in [-0.3, -0.25) is 0 Å². The Labute approximate surface area is 128 Å². The highest BCUT2D eigenvalue weighted by Crippen LogP contribution is 2.44. The second-order valence-electron chi connectivity index (χ2n) is 8.03. The van der Waals surface area contributed by atoms with Gasteiger partial charge >= 0.3 is 0 Å². The van der Waals surface area contributed by atoms with E-state index >= 15 is 0 Å². The van der Waals surface area contributed by atoms with Crippen molar-refractivity contribution in [2.45, 2.75) is 51.6 Å². The van der Waals surface area contributed by atoms with E-state index in [0.29, 0.717) is 17.5 Å². The summed E-state index contributed by atoms with van der Waals surface area (Å²) in [7, 11) is 0. The fraction of sp³-hybridized carbons (Fsp3) is 0.684. The lowest BCUT2D eigenvalue weighted by atomic mass is 9.69. The van der Waals surface area contributed by atoms with Crippen molar-refractivity contribution in [3.8, 4) is 0 Å². The summed E-state index contributed by atoms with van der Waals surface area (Å²) in [5, 5.41) is 4.09. The first kappa shape index (κ1) is 13.8. The van der Waals surface area contributed by atoms with Gasteiger partial charge in [-0.1, -0.05) is 38.1 Å². The zero-order chi connectivity index (χ0) is 14.4. The zero-order valence-corrected chi connectivity index (χ0v) is 13.4. The highest BCUT2D eigenvalue weighted by Gasteiger charge is 2.40. The smallest absolute Gasteiger partial charge is 0.0377 e. The van der Waals surface area contributed by atoms with E-state index in [1.807, 2.05) is 0 Å². The highest BCUT2D eigenvalue weighted by atomic mass is 15.2. The second kappa shape index (κ2) is 5.10. The molecule has 21 heavy (non-hydrogen) atoms. The quantitative estimate of drug-likeness (QED) is 0.895. The van der Waals surface area contributed by atoms with Crippen molar-refractivity contribution in [1.82, 2.24) is 10.2 Å². The monoisotopic (exact) mass is 284 g/mol. The second-order valence-corrected chi connectivity index (χ2v) is 8.03. The summed E-state index contributed by atoms with van der Waals surface area (Å²) in [6.45, 7) is 8.81. The number of nitrogens with one attached hydrogen (secondary N) is 1. The molecule has 2 atom stereocenters. The Morgan fingerprint density at radius 3 is 2.62 bits per heavy atom. The molecule has 1 aliphatic carbocycles. The summed E-state index contributed by atoms with van der Waals surface area (Å²) in [5.74, 6) is 0.903. The molecule has 0 amide bonds. The van der Waals surface area contributed by atoms with Gasteiger partial charge in [-0.05, 0) is 61.2 Å². The normalized spacial score (nSPS) is 37.2. The van der Waals surface area contributed by atoms with Gasteiger partial charge in [0.2, 0.25) is 0 Å². The lowest BCUT2D eigenvalue weighted by Crippen LogP contribution is -2.58. The molecular weight excluding hydrogens is 256 g/mol. The van der Waals surface area contributed by atoms with Crippen molar-refractivity contribution in [3.63, 3.8) is 0 Å². The average Bonchev–Trinajstić information content (AvgIpc) is 2.51. The molecule has 2 bridgehead atoms. The van der Waals surface area contributed by atoms with Crippen molar-refractivity contribution in [2.24, 2.45) is 11.3 Å². The van der Waals surface area contributed by atoms with Crippen LogP contribution in [0.3, 0.4) is 0 Å². The first-order chi connectivity index (χ1) is 10.1. The number of aryl methyl sites for hydroxylation is 1. The molecule has 4 aliphatic rings. The van der Waals surface area contributed by atoms with E-state index in [0.717, 1.165) is 5.92 Å². The first-order valence-corrected chi connectivity index (χ1v) is 8.70. The fourth-order valence-corrected chi connectivity index (χ4v) is 4.75. The van der Waals surface area contributed by atoms with Crippen molar-refractivity contribution >= 4 is 0 Å². The average molecular weight is 284 g/mol. The van der Waals surface area contributed by atoms with Gasteiger partial charge in [-0.25, -0.2) is 0 Å². The molecule has 114 valence electrons. The van der Waals surface area contributed by atoms with Crippen LogP contribution in [0.1, 0.15) is 50.3 Å². The first-order valence-electron chi connectivity index (χ1n) is 8.70. The van der Waals surface area contributed by atoms with Crippen LogP contribution in [0, 0.1) is 11.3 Å². The van der Waals surface area contributed by atoms with Gasteiger partial charge in [0.1, 0.15) is 0 Å². The maximum atomic E-state index is 4.09. The maximum Gasteiger partial charge on any atom is 0.0377 e. The Hall–Kier alpha value is -0.860. The van der Waals surface area contributed by atoms with Gasteiger partial charge in [-0.15, -0.1) is 0 Å². The summed E-state index contributed by atoms with van der Waals surface area (Å²) in [4.78, 5) is 2.65. The van der Waals surface area contributed by atoms with Crippen LogP contribution >= 0.6 is 0 Å². The van der Waals surface area contributed by atoms with Gasteiger partial charge in [0.05, 0.1) is 0 Å². The summed E-state index contributed by atoms with van der Waals surface area (Å²) in [6, 6.07) is 10.3. The van der Waals surface area contributed by atoms with Gasteiger partial charge in [-0.2, -0.15) is 0 Å². The largest absolute Gasteiger partial charge is 0.305 e. The lowest BCUT2D eigenvalue weighted by Gasteiger charge is -2.49. The molecule has 3 heterocycles. The predicted octanol–water partition coefficient (Wildman–Crippen LogP) is 3.38. The van der Waals surface area contributed by atoms with E-state index < -0.39 is 0 Å². The minimum absolute atomic E-state index is 0.361. The molecule has 0 saturated carbocycles. The Morgan fingerprint density at radius 2 is 1.90 bits per heavy atom. The third kappa shape index (κ3) is 2.43. The summed E-state index contributed by atoms with van der Waals surface area (Å²) >= 11 is 0. The molecule has 2 nitrogen and oxygen atoms in total. The molecule has 0 radical (unpaired) electrons. The van der Waals surface area contributed by atoms with Crippen molar-refractivity contribution < 1.29 is 0 Å². The molecular formula is C19H28N2. The van der Waals surface area contributed by atoms with Crippen molar-refractivity contribution in [2.75, 3.05) is 19.6 Å². The van der Waals surface area contributed by atoms with Crippen LogP contribution in [-0.2, 0) is 6.42 Å². The van der Waals surface area contributed by atoms with E-state index in [2.05, 4.69) is 48.3 Å². The van der Waals surface area contributed by atoms with Crippen LogP contribution in [-0.4, -0.2) is 30.6 Å². The molecule has 1 aromatic rings. The molecule has 0 aromatic heterocycles. The molecule has 3 saturated heterocycles. The summed E-state index contributed by atoms with van der Waals surface area (Å²) in [5.41, 5.74) is 3.49. The van der Waals surface area contributed by atoms with Crippen molar-refractivity contribution in [1.29, 1.82) is 0 Å².